The number of nitrogens with zero attached hydrogens (tertiary/aromatic N) is 1. The van der Waals surface area contributed by atoms with Crippen LogP contribution in [0.3, 0.4) is 0 Å². The number of piperidine rings is 1. The zero-order chi connectivity index (χ0) is 10.5. The van der Waals surface area contributed by atoms with E-state index in [0.717, 1.165) is 25.9 Å². The molecule has 2 heterocycles. The fourth-order valence-corrected chi connectivity index (χ4v) is 1.73. The Morgan fingerprint density at radius 3 is 2.82 bits per heavy atom. The number of carbonyl (C=O) groups excluding carboxylic acids is 1. The number of hydrogen-bond donors (Lipinski definition) is 2. The summed E-state index contributed by atoms with van der Waals surface area (Å²) in [5, 5.41) is 6.23. The van der Waals surface area contributed by atoms with E-state index >= 15 is 0 Å². The molecule has 17 heavy (non-hydrogen) atoms. The molecule has 4 nitrogen and oxygen atoms in total. The largest absolute Gasteiger partial charge is 0.347 e. The van der Waals surface area contributed by atoms with Crippen LogP contribution in [0.15, 0.2) is 24.4 Å². The highest BCUT2D eigenvalue weighted by Crippen LogP contribution is 2.02. The highest BCUT2D eigenvalue weighted by Gasteiger charge is 2.16. The van der Waals surface area contributed by atoms with E-state index in [-0.39, 0.29) is 36.8 Å². The van der Waals surface area contributed by atoms with E-state index in [0.29, 0.717) is 5.69 Å². The van der Waals surface area contributed by atoms with Crippen molar-refractivity contribution in [3.8, 4) is 0 Å². The van der Waals surface area contributed by atoms with Crippen LogP contribution in [0.1, 0.15) is 23.3 Å². The smallest absolute Gasteiger partial charge is 0.270 e. The molecule has 6 heteroatoms. The lowest BCUT2D eigenvalue weighted by atomic mass is 10.1. The summed E-state index contributed by atoms with van der Waals surface area (Å²) >= 11 is 0. The molecule has 2 rings (SSSR count). The molecule has 1 aliphatic rings. The molecule has 1 amide bonds. The van der Waals surface area contributed by atoms with Gasteiger partial charge in [-0.2, -0.15) is 0 Å². The van der Waals surface area contributed by atoms with Crippen LogP contribution >= 0.6 is 24.8 Å². The van der Waals surface area contributed by atoms with Gasteiger partial charge < -0.3 is 10.6 Å². The number of nitrogens with one attached hydrogen (secondary N) is 2. The van der Waals surface area contributed by atoms with Gasteiger partial charge in [-0.05, 0) is 31.5 Å². The van der Waals surface area contributed by atoms with Gasteiger partial charge in [-0.3, -0.25) is 9.78 Å². The number of hydrogen-bond acceptors (Lipinski definition) is 3. The summed E-state index contributed by atoms with van der Waals surface area (Å²) in [4.78, 5) is 15.7. The zero-order valence-electron chi connectivity index (χ0n) is 9.39. The molecule has 1 atom stereocenters. The molecular formula is C11H17Cl2N3O. The number of rotatable bonds is 2. The van der Waals surface area contributed by atoms with Crippen molar-refractivity contribution in [1.82, 2.24) is 15.6 Å². The van der Waals surface area contributed by atoms with Crippen LogP contribution in [0, 0.1) is 0 Å². The number of pyridine rings is 1. The van der Waals surface area contributed by atoms with Crippen LogP contribution in [0.25, 0.3) is 0 Å². The van der Waals surface area contributed by atoms with Gasteiger partial charge in [-0.15, -0.1) is 24.8 Å². The molecule has 1 aromatic rings. The van der Waals surface area contributed by atoms with Gasteiger partial charge in [0.2, 0.25) is 0 Å². The minimum Gasteiger partial charge on any atom is -0.347 e. The maximum atomic E-state index is 11.7. The van der Waals surface area contributed by atoms with Gasteiger partial charge in [0.25, 0.3) is 5.91 Å². The molecular weight excluding hydrogens is 261 g/mol. The van der Waals surface area contributed by atoms with Crippen LogP contribution in [-0.4, -0.2) is 30.0 Å². The van der Waals surface area contributed by atoms with Crippen molar-refractivity contribution in [2.24, 2.45) is 0 Å². The molecule has 1 aromatic heterocycles. The first-order chi connectivity index (χ1) is 7.36. The molecule has 0 bridgehead atoms. The predicted molar refractivity (Wildman–Crippen MR) is 72.1 cm³/mol. The third kappa shape index (κ3) is 4.89. The van der Waals surface area contributed by atoms with Crippen molar-refractivity contribution >= 4 is 30.7 Å². The summed E-state index contributed by atoms with van der Waals surface area (Å²) in [6.07, 6.45) is 3.80. The maximum Gasteiger partial charge on any atom is 0.270 e. The Balaban J connectivity index is 0.00000128. The molecule has 0 spiro atoms. The minimum absolute atomic E-state index is 0. The molecule has 2 N–H and O–H groups in total. The number of carbonyl (C=O) groups is 1. The normalized spacial score (nSPS) is 18.5. The number of aromatic nitrogens is 1. The second-order valence-corrected chi connectivity index (χ2v) is 3.73. The lowest BCUT2D eigenvalue weighted by molar-refractivity contribution is 0.0925. The second kappa shape index (κ2) is 8.28. The Labute approximate surface area is 113 Å². The van der Waals surface area contributed by atoms with Crippen LogP contribution in [0.5, 0.6) is 0 Å². The van der Waals surface area contributed by atoms with E-state index in [9.17, 15) is 4.79 Å². The average Bonchev–Trinajstić information content (AvgIpc) is 2.31. The molecule has 0 radical (unpaired) electrons. The monoisotopic (exact) mass is 277 g/mol. The Bertz CT molecular complexity index is 329. The molecule has 0 saturated carbocycles. The summed E-state index contributed by atoms with van der Waals surface area (Å²) in [5.41, 5.74) is 0.489. The first-order valence-electron chi connectivity index (χ1n) is 5.29. The third-order valence-corrected chi connectivity index (χ3v) is 2.53. The van der Waals surface area contributed by atoms with Crippen molar-refractivity contribution in [2.45, 2.75) is 18.9 Å². The maximum absolute atomic E-state index is 11.7. The first kappa shape index (κ1) is 16.2. The van der Waals surface area contributed by atoms with Gasteiger partial charge in [-0.25, -0.2) is 0 Å². The van der Waals surface area contributed by atoms with Gasteiger partial charge in [0.15, 0.2) is 0 Å². The van der Waals surface area contributed by atoms with Gasteiger partial charge in [0, 0.05) is 18.8 Å². The molecule has 1 aliphatic heterocycles. The van der Waals surface area contributed by atoms with Gasteiger partial charge in [0.05, 0.1) is 0 Å². The number of halogens is 2. The van der Waals surface area contributed by atoms with Gasteiger partial charge in [0.1, 0.15) is 5.69 Å². The first-order valence-corrected chi connectivity index (χ1v) is 5.29. The van der Waals surface area contributed by atoms with Crippen molar-refractivity contribution < 1.29 is 4.79 Å². The molecule has 1 saturated heterocycles. The van der Waals surface area contributed by atoms with Crippen LogP contribution in [0.4, 0.5) is 0 Å². The van der Waals surface area contributed by atoms with E-state index in [1.165, 1.54) is 0 Å². The lowest BCUT2D eigenvalue weighted by Gasteiger charge is -2.23. The van der Waals surface area contributed by atoms with E-state index < -0.39 is 0 Å². The summed E-state index contributed by atoms with van der Waals surface area (Å²) in [6.45, 7) is 1.91. The molecule has 96 valence electrons. The standard InChI is InChI=1S/C11H15N3O.2ClH/c15-11(10-5-1-2-7-13-10)14-9-4-3-6-12-8-9;;/h1-2,5,7,9,12H,3-4,6,8H2,(H,14,15);2*1H. The zero-order valence-corrected chi connectivity index (χ0v) is 11.0. The highest BCUT2D eigenvalue weighted by molar-refractivity contribution is 5.92. The fourth-order valence-electron chi connectivity index (χ4n) is 1.73. The van der Waals surface area contributed by atoms with Crippen molar-refractivity contribution in [2.75, 3.05) is 13.1 Å². The van der Waals surface area contributed by atoms with Gasteiger partial charge >= 0.3 is 0 Å². The quantitative estimate of drug-likeness (QED) is 0.860. The van der Waals surface area contributed by atoms with Crippen molar-refractivity contribution in [3.63, 3.8) is 0 Å². The van der Waals surface area contributed by atoms with E-state index in [4.69, 9.17) is 0 Å². The Hall–Kier alpha value is -0.840. The van der Waals surface area contributed by atoms with Crippen molar-refractivity contribution in [3.05, 3.63) is 30.1 Å². The van der Waals surface area contributed by atoms with Crippen LogP contribution < -0.4 is 10.6 Å². The summed E-state index contributed by atoms with van der Waals surface area (Å²) in [6, 6.07) is 5.60. The highest BCUT2D eigenvalue weighted by atomic mass is 35.5. The van der Waals surface area contributed by atoms with Crippen LogP contribution in [-0.2, 0) is 0 Å². The Morgan fingerprint density at radius 1 is 1.41 bits per heavy atom. The molecule has 1 unspecified atom stereocenters. The van der Waals surface area contributed by atoms with E-state index in [2.05, 4.69) is 15.6 Å². The summed E-state index contributed by atoms with van der Waals surface area (Å²) in [5.74, 6) is -0.0794. The third-order valence-electron chi connectivity index (χ3n) is 2.53. The summed E-state index contributed by atoms with van der Waals surface area (Å²) in [7, 11) is 0. The van der Waals surface area contributed by atoms with Crippen LogP contribution in [0.2, 0.25) is 0 Å². The average molecular weight is 278 g/mol. The second-order valence-electron chi connectivity index (χ2n) is 3.73. The molecule has 0 aliphatic carbocycles. The molecule has 0 aromatic carbocycles. The fraction of sp³-hybridized carbons (Fsp3) is 0.455. The number of amides is 1. The van der Waals surface area contributed by atoms with E-state index in [1.807, 2.05) is 6.07 Å². The van der Waals surface area contributed by atoms with Crippen molar-refractivity contribution in [1.29, 1.82) is 0 Å². The topological polar surface area (TPSA) is 54.0 Å². The Kier molecular flexibility index (Phi) is 7.87. The molecule has 1 fully saturated rings. The predicted octanol–water partition coefficient (Wildman–Crippen LogP) is 1.41. The Morgan fingerprint density at radius 2 is 2.24 bits per heavy atom. The van der Waals surface area contributed by atoms with E-state index in [1.54, 1.807) is 18.3 Å². The lowest BCUT2D eigenvalue weighted by Crippen LogP contribution is -2.45. The van der Waals surface area contributed by atoms with Gasteiger partial charge in [-0.1, -0.05) is 6.07 Å². The summed E-state index contributed by atoms with van der Waals surface area (Å²) < 4.78 is 0. The minimum atomic E-state index is -0.0794. The SMILES string of the molecule is Cl.Cl.O=C(NC1CCCNC1)c1ccccn1.